The van der Waals surface area contributed by atoms with Crippen LogP contribution in [0, 0.1) is 0 Å². The van der Waals surface area contributed by atoms with Crippen LogP contribution >= 0.6 is 0 Å². The summed E-state index contributed by atoms with van der Waals surface area (Å²) in [5.74, 6) is 1.76. The second kappa shape index (κ2) is 11.7. The lowest BCUT2D eigenvalue weighted by Crippen LogP contribution is -2.48. The van der Waals surface area contributed by atoms with Gasteiger partial charge in [0.15, 0.2) is 17.3 Å². The first-order chi connectivity index (χ1) is 18.6. The fourth-order valence-corrected chi connectivity index (χ4v) is 5.02. The fourth-order valence-electron chi connectivity index (χ4n) is 5.02. The molecule has 1 aliphatic heterocycles. The van der Waals surface area contributed by atoms with Gasteiger partial charge in [-0.1, -0.05) is 30.3 Å². The molecular weight excluding hydrogens is 486 g/mol. The van der Waals surface area contributed by atoms with Gasteiger partial charge in [-0.25, -0.2) is 4.68 Å². The Hall–Kier alpha value is -3.80. The molecule has 11 heteroatoms. The predicted molar refractivity (Wildman–Crippen MR) is 143 cm³/mol. The molecular formula is C27H33N7O4. The third-order valence-corrected chi connectivity index (χ3v) is 7.00. The van der Waals surface area contributed by atoms with Crippen LogP contribution in [-0.2, 0) is 17.8 Å². The standard InChI is InChI=1S/C27H33N7O4/c1-36-14-13-34-26(29-30-31-34)25(33-11-9-32(10-12-33)18-19-7-5-4-6-8-19)21-15-20-16-23(37-2)24(38-3)17-22(20)28-27(21)35/h4-8,15-17,25H,9-14,18H2,1-3H3,(H,28,35). The zero-order valence-electron chi connectivity index (χ0n) is 22.0. The number of H-pyrrole nitrogens is 1. The van der Waals surface area contributed by atoms with Crippen molar-refractivity contribution in [3.8, 4) is 11.5 Å². The molecule has 3 heterocycles. The number of hydrogen-bond acceptors (Lipinski definition) is 9. The zero-order chi connectivity index (χ0) is 26.5. The van der Waals surface area contributed by atoms with E-state index in [-0.39, 0.29) is 5.56 Å². The molecule has 1 atom stereocenters. The van der Waals surface area contributed by atoms with Crippen molar-refractivity contribution in [1.29, 1.82) is 0 Å². The van der Waals surface area contributed by atoms with Crippen LogP contribution in [0.15, 0.2) is 53.3 Å². The van der Waals surface area contributed by atoms with Crippen molar-refractivity contribution in [2.75, 3.05) is 54.1 Å². The Bertz CT molecular complexity index is 1410. The summed E-state index contributed by atoms with van der Waals surface area (Å²) in [6.07, 6.45) is 0. The van der Waals surface area contributed by atoms with E-state index in [1.54, 1.807) is 32.1 Å². The lowest BCUT2D eigenvalue weighted by atomic mass is 10.0. The van der Waals surface area contributed by atoms with E-state index in [1.165, 1.54) is 5.56 Å². The van der Waals surface area contributed by atoms with Crippen molar-refractivity contribution >= 4 is 10.9 Å². The van der Waals surface area contributed by atoms with Gasteiger partial charge >= 0.3 is 0 Å². The van der Waals surface area contributed by atoms with Gasteiger partial charge in [-0.2, -0.15) is 0 Å². The highest BCUT2D eigenvalue weighted by Gasteiger charge is 2.32. The smallest absolute Gasteiger partial charge is 0.253 e. The van der Waals surface area contributed by atoms with Gasteiger partial charge in [0.1, 0.15) is 6.04 Å². The van der Waals surface area contributed by atoms with Gasteiger partial charge < -0.3 is 19.2 Å². The first-order valence-electron chi connectivity index (χ1n) is 12.7. The molecule has 0 amide bonds. The second-order valence-corrected chi connectivity index (χ2v) is 9.30. The summed E-state index contributed by atoms with van der Waals surface area (Å²) in [5.41, 5.74) is 2.34. The SMILES string of the molecule is COCCn1nnnc1C(c1cc2cc(OC)c(OC)cc2[nH]c1=O)N1CCN(Cc2ccccc2)CC1. The number of benzene rings is 2. The molecule has 1 unspecified atom stereocenters. The average Bonchev–Trinajstić information content (AvgIpc) is 3.41. The van der Waals surface area contributed by atoms with Crippen LogP contribution in [0.3, 0.4) is 0 Å². The summed E-state index contributed by atoms with van der Waals surface area (Å²) in [7, 11) is 4.81. The highest BCUT2D eigenvalue weighted by molar-refractivity contribution is 5.83. The molecule has 0 radical (unpaired) electrons. The number of piperazine rings is 1. The van der Waals surface area contributed by atoms with E-state index in [1.807, 2.05) is 18.2 Å². The molecule has 0 bridgehead atoms. The van der Waals surface area contributed by atoms with E-state index >= 15 is 0 Å². The highest BCUT2D eigenvalue weighted by Crippen LogP contribution is 2.33. The van der Waals surface area contributed by atoms with Crippen molar-refractivity contribution in [3.05, 3.63) is 75.8 Å². The van der Waals surface area contributed by atoms with Gasteiger partial charge in [-0.15, -0.1) is 5.10 Å². The number of rotatable bonds is 10. The van der Waals surface area contributed by atoms with Gasteiger partial charge in [0.25, 0.3) is 5.56 Å². The number of hydrogen-bond donors (Lipinski definition) is 1. The van der Waals surface area contributed by atoms with Gasteiger partial charge in [-0.3, -0.25) is 14.6 Å². The maximum absolute atomic E-state index is 13.5. The van der Waals surface area contributed by atoms with Crippen LogP contribution in [0.1, 0.15) is 23.0 Å². The first kappa shape index (κ1) is 25.8. The Balaban J connectivity index is 1.50. The minimum Gasteiger partial charge on any atom is -0.493 e. The minimum absolute atomic E-state index is 0.192. The molecule has 0 aliphatic carbocycles. The number of ether oxygens (including phenoxy) is 3. The topological polar surface area (TPSA) is 111 Å². The molecule has 38 heavy (non-hydrogen) atoms. The average molecular weight is 520 g/mol. The van der Waals surface area contributed by atoms with Crippen molar-refractivity contribution in [2.24, 2.45) is 0 Å². The second-order valence-electron chi connectivity index (χ2n) is 9.30. The van der Waals surface area contributed by atoms with E-state index < -0.39 is 6.04 Å². The summed E-state index contributed by atoms with van der Waals surface area (Å²) in [6, 6.07) is 15.6. The van der Waals surface area contributed by atoms with Crippen LogP contribution in [0.25, 0.3) is 10.9 Å². The molecule has 1 saturated heterocycles. The Morgan fingerprint density at radius 2 is 1.71 bits per heavy atom. The molecule has 11 nitrogen and oxygen atoms in total. The Morgan fingerprint density at radius 3 is 2.42 bits per heavy atom. The Labute approximate surface area is 220 Å². The normalized spacial score (nSPS) is 15.6. The first-order valence-corrected chi connectivity index (χ1v) is 12.7. The molecule has 2 aromatic carbocycles. The van der Waals surface area contributed by atoms with Gasteiger partial charge in [-0.05, 0) is 28.1 Å². The minimum atomic E-state index is -0.429. The zero-order valence-corrected chi connectivity index (χ0v) is 22.0. The molecule has 200 valence electrons. The third-order valence-electron chi connectivity index (χ3n) is 7.00. The third kappa shape index (κ3) is 5.40. The number of fused-ring (bicyclic) bond motifs is 1. The lowest BCUT2D eigenvalue weighted by Gasteiger charge is -2.38. The van der Waals surface area contributed by atoms with Gasteiger partial charge in [0.2, 0.25) is 0 Å². The van der Waals surface area contributed by atoms with Crippen LogP contribution in [0.2, 0.25) is 0 Å². The molecule has 5 rings (SSSR count). The van der Waals surface area contributed by atoms with E-state index in [0.29, 0.717) is 41.6 Å². The maximum atomic E-state index is 13.5. The molecule has 1 N–H and O–H groups in total. The van der Waals surface area contributed by atoms with Crippen molar-refractivity contribution in [2.45, 2.75) is 19.1 Å². The molecule has 1 aliphatic rings. The van der Waals surface area contributed by atoms with Crippen molar-refractivity contribution in [1.82, 2.24) is 35.0 Å². The molecule has 4 aromatic rings. The predicted octanol–water partition coefficient (Wildman–Crippen LogP) is 2.09. The van der Waals surface area contributed by atoms with E-state index in [4.69, 9.17) is 14.2 Å². The summed E-state index contributed by atoms with van der Waals surface area (Å²) in [4.78, 5) is 21.3. The summed E-state index contributed by atoms with van der Waals surface area (Å²) >= 11 is 0. The molecule has 0 spiro atoms. The lowest BCUT2D eigenvalue weighted by molar-refractivity contribution is 0.0984. The summed E-state index contributed by atoms with van der Waals surface area (Å²) in [6.45, 7) is 5.09. The van der Waals surface area contributed by atoms with E-state index in [9.17, 15) is 4.79 Å². The number of aromatic amines is 1. The van der Waals surface area contributed by atoms with Crippen LogP contribution in [0.5, 0.6) is 11.5 Å². The largest absolute Gasteiger partial charge is 0.493 e. The molecule has 0 saturated carbocycles. The van der Waals surface area contributed by atoms with E-state index in [0.717, 1.165) is 38.1 Å². The van der Waals surface area contributed by atoms with Gasteiger partial charge in [0.05, 0.1) is 32.9 Å². The summed E-state index contributed by atoms with van der Waals surface area (Å²) < 4.78 is 17.9. The number of pyridine rings is 1. The summed E-state index contributed by atoms with van der Waals surface area (Å²) in [5, 5.41) is 13.4. The van der Waals surface area contributed by atoms with Crippen molar-refractivity contribution in [3.63, 3.8) is 0 Å². The Kier molecular flexibility index (Phi) is 7.97. The number of aromatic nitrogens is 5. The highest BCUT2D eigenvalue weighted by atomic mass is 16.5. The quantitative estimate of drug-likeness (QED) is 0.337. The number of nitrogens with zero attached hydrogens (tertiary/aromatic N) is 6. The number of tetrazole rings is 1. The van der Waals surface area contributed by atoms with Crippen LogP contribution < -0.4 is 15.0 Å². The van der Waals surface area contributed by atoms with E-state index in [2.05, 4.69) is 54.6 Å². The molecule has 1 fully saturated rings. The maximum Gasteiger partial charge on any atom is 0.253 e. The van der Waals surface area contributed by atoms with Crippen LogP contribution in [0.4, 0.5) is 0 Å². The molecule has 2 aromatic heterocycles. The number of nitrogens with one attached hydrogen (secondary N) is 1. The fraction of sp³-hybridized carbons (Fsp3) is 0.407. The Morgan fingerprint density at radius 1 is 0.974 bits per heavy atom. The van der Waals surface area contributed by atoms with Gasteiger partial charge in [0, 0.05) is 56.8 Å². The number of methoxy groups -OCH3 is 3. The van der Waals surface area contributed by atoms with Crippen molar-refractivity contribution < 1.29 is 14.2 Å². The van der Waals surface area contributed by atoms with Crippen LogP contribution in [-0.4, -0.2) is 89.1 Å². The monoisotopic (exact) mass is 519 g/mol.